The van der Waals surface area contributed by atoms with E-state index < -0.39 is 0 Å². The van der Waals surface area contributed by atoms with Crippen molar-refractivity contribution in [2.45, 2.75) is 13.0 Å². The van der Waals surface area contributed by atoms with Crippen LogP contribution in [0.4, 0.5) is 0 Å². The highest BCUT2D eigenvalue weighted by atomic mass is 32.1. The van der Waals surface area contributed by atoms with Crippen LogP contribution in [-0.4, -0.2) is 36.2 Å². The summed E-state index contributed by atoms with van der Waals surface area (Å²) in [5.41, 5.74) is 5.38. The van der Waals surface area contributed by atoms with Crippen LogP contribution in [0.5, 0.6) is 0 Å². The molecule has 3 aromatic rings. The molecule has 3 heterocycles. The van der Waals surface area contributed by atoms with Gasteiger partial charge in [0.15, 0.2) is 0 Å². The summed E-state index contributed by atoms with van der Waals surface area (Å²) in [7, 11) is 0. The SMILES string of the molecule is c1cc(C[C@@H]2COCCN(Cc3cscn3)C2)c2ccoc2c1. The average Bonchev–Trinajstić information content (AvgIpc) is 3.18. The molecule has 0 bridgehead atoms. The van der Waals surface area contributed by atoms with Gasteiger partial charge in [0.05, 0.1) is 30.7 Å². The highest BCUT2D eigenvalue weighted by molar-refractivity contribution is 7.07. The van der Waals surface area contributed by atoms with Crippen molar-refractivity contribution >= 4 is 22.3 Å². The van der Waals surface area contributed by atoms with Gasteiger partial charge < -0.3 is 9.15 Å². The number of hydrogen-bond donors (Lipinski definition) is 0. The Balaban J connectivity index is 1.48. The minimum Gasteiger partial charge on any atom is -0.464 e. The summed E-state index contributed by atoms with van der Waals surface area (Å²) < 4.78 is 11.4. The minimum atomic E-state index is 0.497. The molecule has 0 aliphatic carbocycles. The Morgan fingerprint density at radius 1 is 1.30 bits per heavy atom. The average molecular weight is 328 g/mol. The fourth-order valence-electron chi connectivity index (χ4n) is 3.31. The van der Waals surface area contributed by atoms with E-state index in [1.54, 1.807) is 17.6 Å². The molecule has 1 saturated heterocycles. The van der Waals surface area contributed by atoms with Crippen LogP contribution in [0.3, 0.4) is 0 Å². The first-order valence-corrected chi connectivity index (χ1v) is 8.95. The number of furan rings is 1. The van der Waals surface area contributed by atoms with Crippen LogP contribution < -0.4 is 0 Å². The number of ether oxygens (including phenoxy) is 1. The van der Waals surface area contributed by atoms with Crippen LogP contribution in [0.1, 0.15) is 11.3 Å². The van der Waals surface area contributed by atoms with Crippen LogP contribution in [0.25, 0.3) is 11.0 Å². The van der Waals surface area contributed by atoms with Crippen molar-refractivity contribution in [2.24, 2.45) is 5.92 Å². The van der Waals surface area contributed by atoms with E-state index in [2.05, 4.69) is 33.5 Å². The van der Waals surface area contributed by atoms with Crippen LogP contribution >= 0.6 is 11.3 Å². The highest BCUT2D eigenvalue weighted by Crippen LogP contribution is 2.24. The van der Waals surface area contributed by atoms with Crippen molar-refractivity contribution in [3.8, 4) is 0 Å². The van der Waals surface area contributed by atoms with Gasteiger partial charge in [-0.05, 0) is 30.0 Å². The second-order valence-electron chi connectivity index (χ2n) is 6.11. The molecule has 2 aromatic heterocycles. The molecule has 5 heteroatoms. The smallest absolute Gasteiger partial charge is 0.134 e. The fourth-order valence-corrected chi connectivity index (χ4v) is 3.86. The quantitative estimate of drug-likeness (QED) is 0.734. The first-order valence-electron chi connectivity index (χ1n) is 8.01. The lowest BCUT2D eigenvalue weighted by atomic mass is 9.97. The van der Waals surface area contributed by atoms with Crippen molar-refractivity contribution in [3.63, 3.8) is 0 Å². The van der Waals surface area contributed by atoms with Gasteiger partial charge in [-0.25, -0.2) is 4.98 Å². The molecule has 0 radical (unpaired) electrons. The molecule has 4 nitrogen and oxygen atoms in total. The largest absolute Gasteiger partial charge is 0.464 e. The molecule has 120 valence electrons. The molecule has 0 N–H and O–H groups in total. The molecule has 0 amide bonds. The van der Waals surface area contributed by atoms with Crippen molar-refractivity contribution in [1.82, 2.24) is 9.88 Å². The van der Waals surface area contributed by atoms with Crippen molar-refractivity contribution < 1.29 is 9.15 Å². The van der Waals surface area contributed by atoms with Crippen molar-refractivity contribution in [2.75, 3.05) is 26.3 Å². The summed E-state index contributed by atoms with van der Waals surface area (Å²) in [5, 5.41) is 3.36. The van der Waals surface area contributed by atoms with Crippen LogP contribution in [-0.2, 0) is 17.7 Å². The third kappa shape index (κ3) is 3.47. The fraction of sp³-hybridized carbons (Fsp3) is 0.389. The molecule has 1 fully saturated rings. The maximum absolute atomic E-state index is 5.84. The lowest BCUT2D eigenvalue weighted by Crippen LogP contribution is -2.30. The lowest BCUT2D eigenvalue weighted by Gasteiger charge is -2.22. The first-order chi connectivity index (χ1) is 11.4. The molecule has 1 aromatic carbocycles. The maximum Gasteiger partial charge on any atom is 0.134 e. The Labute approximate surface area is 139 Å². The summed E-state index contributed by atoms with van der Waals surface area (Å²) in [6.45, 7) is 4.56. The molecular weight excluding hydrogens is 308 g/mol. The molecule has 23 heavy (non-hydrogen) atoms. The monoisotopic (exact) mass is 328 g/mol. The minimum absolute atomic E-state index is 0.497. The number of aromatic nitrogens is 1. The number of benzene rings is 1. The van der Waals surface area contributed by atoms with E-state index in [1.807, 2.05) is 11.6 Å². The Kier molecular flexibility index (Phi) is 4.41. The third-order valence-corrected chi connectivity index (χ3v) is 5.02. The predicted molar refractivity (Wildman–Crippen MR) is 91.6 cm³/mol. The van der Waals surface area contributed by atoms with E-state index in [-0.39, 0.29) is 0 Å². The number of thiazole rings is 1. The molecular formula is C18H20N2O2S. The van der Waals surface area contributed by atoms with Crippen LogP contribution in [0, 0.1) is 5.92 Å². The van der Waals surface area contributed by atoms with Gasteiger partial charge in [0.25, 0.3) is 0 Å². The number of fused-ring (bicyclic) bond motifs is 1. The van der Waals surface area contributed by atoms with Gasteiger partial charge in [-0.1, -0.05) is 12.1 Å². The summed E-state index contributed by atoms with van der Waals surface area (Å²) in [6.07, 6.45) is 2.79. The number of rotatable bonds is 4. The standard InChI is InChI=1S/C18H20N2O2S/c1-2-15(17-4-6-22-18(17)3-1)8-14-9-20(5-7-21-11-14)10-16-12-23-13-19-16/h1-4,6,12-14H,5,7-11H2/t14-/m0/s1. The zero-order chi connectivity index (χ0) is 15.5. The molecule has 0 saturated carbocycles. The summed E-state index contributed by atoms with van der Waals surface area (Å²) in [5.74, 6) is 0.497. The second kappa shape index (κ2) is 6.83. The van der Waals surface area contributed by atoms with E-state index in [4.69, 9.17) is 9.15 Å². The topological polar surface area (TPSA) is 38.5 Å². The highest BCUT2D eigenvalue weighted by Gasteiger charge is 2.20. The summed E-state index contributed by atoms with van der Waals surface area (Å²) in [4.78, 5) is 6.87. The van der Waals surface area contributed by atoms with Crippen molar-refractivity contribution in [3.05, 3.63) is 52.7 Å². The second-order valence-corrected chi connectivity index (χ2v) is 6.83. The van der Waals surface area contributed by atoms with Crippen LogP contribution in [0.2, 0.25) is 0 Å². The van der Waals surface area contributed by atoms with Crippen LogP contribution in [0.15, 0.2) is 45.8 Å². The predicted octanol–water partition coefficient (Wildman–Crippen LogP) is 3.58. The van der Waals surface area contributed by atoms with Gasteiger partial charge >= 0.3 is 0 Å². The normalized spacial score (nSPS) is 19.9. The van der Waals surface area contributed by atoms with Gasteiger partial charge in [-0.2, -0.15) is 0 Å². The van der Waals surface area contributed by atoms with E-state index in [1.165, 1.54) is 10.9 Å². The van der Waals surface area contributed by atoms with E-state index in [0.29, 0.717) is 5.92 Å². The molecule has 0 unspecified atom stereocenters. The Hall–Kier alpha value is -1.69. The molecule has 1 atom stereocenters. The number of hydrogen-bond acceptors (Lipinski definition) is 5. The summed E-state index contributed by atoms with van der Waals surface area (Å²) in [6, 6.07) is 8.37. The first kappa shape index (κ1) is 14.9. The van der Waals surface area contributed by atoms with Gasteiger partial charge in [0, 0.05) is 30.4 Å². The van der Waals surface area contributed by atoms with E-state index >= 15 is 0 Å². The zero-order valence-corrected chi connectivity index (χ0v) is 13.8. The van der Waals surface area contributed by atoms with E-state index in [9.17, 15) is 0 Å². The third-order valence-electron chi connectivity index (χ3n) is 4.39. The Morgan fingerprint density at radius 3 is 3.22 bits per heavy atom. The number of nitrogens with zero attached hydrogens (tertiary/aromatic N) is 2. The molecule has 0 spiro atoms. The van der Waals surface area contributed by atoms with Crippen molar-refractivity contribution in [1.29, 1.82) is 0 Å². The Morgan fingerprint density at radius 2 is 2.30 bits per heavy atom. The van der Waals surface area contributed by atoms with E-state index in [0.717, 1.165) is 50.5 Å². The molecule has 4 rings (SSSR count). The van der Waals surface area contributed by atoms with Gasteiger partial charge in [-0.3, -0.25) is 4.90 Å². The lowest BCUT2D eigenvalue weighted by molar-refractivity contribution is 0.122. The van der Waals surface area contributed by atoms with Gasteiger partial charge in [0.2, 0.25) is 0 Å². The molecule has 1 aliphatic heterocycles. The van der Waals surface area contributed by atoms with Gasteiger partial charge in [0.1, 0.15) is 5.58 Å². The zero-order valence-electron chi connectivity index (χ0n) is 13.0. The maximum atomic E-state index is 5.84. The Bertz CT molecular complexity index is 753. The van der Waals surface area contributed by atoms with Gasteiger partial charge in [-0.15, -0.1) is 11.3 Å². The summed E-state index contributed by atoms with van der Waals surface area (Å²) >= 11 is 1.66. The molecule has 1 aliphatic rings.